The third-order valence-electron chi connectivity index (χ3n) is 3.65. The van der Waals surface area contributed by atoms with Gasteiger partial charge in [-0.3, -0.25) is 0 Å². The zero-order valence-corrected chi connectivity index (χ0v) is 13.2. The quantitative estimate of drug-likeness (QED) is 0.800. The maximum absolute atomic E-state index is 14.2. The molecule has 20 heavy (non-hydrogen) atoms. The van der Waals surface area contributed by atoms with Crippen molar-refractivity contribution in [1.82, 2.24) is 5.32 Å². The van der Waals surface area contributed by atoms with E-state index in [0.29, 0.717) is 17.4 Å². The highest BCUT2D eigenvalue weighted by atomic mass is 79.9. The summed E-state index contributed by atoms with van der Waals surface area (Å²) in [4.78, 5) is 0. The minimum Gasteiger partial charge on any atom is -0.378 e. The lowest BCUT2D eigenvalue weighted by Gasteiger charge is -2.28. The number of benzene rings is 1. The molecule has 0 aromatic heterocycles. The minimum atomic E-state index is -0.522. The molecule has 1 fully saturated rings. The molecule has 1 aromatic carbocycles. The molecule has 0 amide bonds. The first-order valence-corrected chi connectivity index (χ1v) is 7.91. The molecule has 1 aliphatic rings. The molecule has 1 aliphatic heterocycles. The maximum Gasteiger partial charge on any atom is 0.145 e. The van der Waals surface area contributed by atoms with Gasteiger partial charge in [0.05, 0.1) is 10.6 Å². The van der Waals surface area contributed by atoms with E-state index in [9.17, 15) is 8.78 Å². The van der Waals surface area contributed by atoms with Crippen LogP contribution in [0.5, 0.6) is 0 Å². The van der Waals surface area contributed by atoms with Gasteiger partial charge in [0.25, 0.3) is 0 Å². The van der Waals surface area contributed by atoms with E-state index < -0.39 is 11.6 Å². The van der Waals surface area contributed by atoms with Crippen LogP contribution in [0.2, 0.25) is 0 Å². The van der Waals surface area contributed by atoms with Crippen LogP contribution in [-0.4, -0.2) is 19.3 Å². The third-order valence-corrected chi connectivity index (χ3v) is 4.26. The second-order valence-corrected chi connectivity index (χ2v) is 5.95. The van der Waals surface area contributed by atoms with Crippen LogP contribution in [-0.2, 0) is 4.74 Å². The lowest BCUT2D eigenvalue weighted by atomic mass is 9.96. The molecule has 0 aliphatic carbocycles. The van der Waals surface area contributed by atoms with E-state index in [4.69, 9.17) is 4.74 Å². The van der Waals surface area contributed by atoms with Crippen molar-refractivity contribution in [3.8, 4) is 0 Å². The zero-order valence-electron chi connectivity index (χ0n) is 11.6. The number of hydrogen-bond donors (Lipinski definition) is 1. The maximum atomic E-state index is 14.2. The van der Waals surface area contributed by atoms with E-state index in [1.54, 1.807) is 0 Å². The van der Waals surface area contributed by atoms with Gasteiger partial charge < -0.3 is 10.1 Å². The number of halogens is 3. The Hall–Kier alpha value is -0.520. The van der Waals surface area contributed by atoms with Crippen LogP contribution in [0.25, 0.3) is 0 Å². The molecular formula is C15H20BrF2NO. The van der Waals surface area contributed by atoms with Gasteiger partial charge in [0, 0.05) is 18.2 Å². The molecule has 112 valence electrons. The average molecular weight is 348 g/mol. The van der Waals surface area contributed by atoms with Crippen molar-refractivity contribution >= 4 is 15.9 Å². The minimum absolute atomic E-state index is 0.0746. The Balaban J connectivity index is 2.21. The van der Waals surface area contributed by atoms with Gasteiger partial charge in [-0.2, -0.15) is 0 Å². The molecule has 0 bridgehead atoms. The Morgan fingerprint density at radius 3 is 2.85 bits per heavy atom. The van der Waals surface area contributed by atoms with Crippen LogP contribution in [0, 0.1) is 11.6 Å². The first-order valence-electron chi connectivity index (χ1n) is 7.11. The smallest absolute Gasteiger partial charge is 0.145 e. The fourth-order valence-corrected chi connectivity index (χ4v) is 3.01. The molecule has 1 heterocycles. The summed E-state index contributed by atoms with van der Waals surface area (Å²) < 4.78 is 34.2. The van der Waals surface area contributed by atoms with Crippen molar-refractivity contribution in [3.63, 3.8) is 0 Å². The normalized spacial score (nSPS) is 20.9. The van der Waals surface area contributed by atoms with Crippen LogP contribution >= 0.6 is 15.9 Å². The Labute approximate surface area is 127 Å². The fourth-order valence-electron chi connectivity index (χ4n) is 2.67. The highest BCUT2D eigenvalue weighted by Crippen LogP contribution is 2.31. The lowest BCUT2D eigenvalue weighted by molar-refractivity contribution is 0.00473. The molecular weight excluding hydrogens is 328 g/mol. The SMILES string of the molecule is CCNC(CC1CCCCO1)c1c(F)ccc(Br)c1F. The molecule has 5 heteroatoms. The molecule has 1 N–H and O–H groups in total. The monoisotopic (exact) mass is 347 g/mol. The van der Waals surface area contributed by atoms with Crippen molar-refractivity contribution in [3.05, 3.63) is 33.8 Å². The molecule has 2 nitrogen and oxygen atoms in total. The topological polar surface area (TPSA) is 21.3 Å². The number of nitrogens with one attached hydrogen (secondary N) is 1. The molecule has 2 rings (SSSR count). The summed E-state index contributed by atoms with van der Waals surface area (Å²) >= 11 is 3.12. The van der Waals surface area contributed by atoms with Crippen LogP contribution < -0.4 is 5.32 Å². The van der Waals surface area contributed by atoms with Crippen LogP contribution in [0.1, 0.15) is 44.2 Å². The fraction of sp³-hybridized carbons (Fsp3) is 0.600. The van der Waals surface area contributed by atoms with E-state index >= 15 is 0 Å². The third kappa shape index (κ3) is 3.77. The van der Waals surface area contributed by atoms with E-state index in [-0.39, 0.29) is 17.7 Å². The van der Waals surface area contributed by atoms with Gasteiger partial charge in [0.1, 0.15) is 11.6 Å². The van der Waals surface area contributed by atoms with Crippen molar-refractivity contribution in [2.75, 3.05) is 13.2 Å². The lowest BCUT2D eigenvalue weighted by Crippen LogP contribution is -2.30. The molecule has 0 saturated carbocycles. The zero-order chi connectivity index (χ0) is 14.5. The molecule has 1 aromatic rings. The van der Waals surface area contributed by atoms with Gasteiger partial charge in [0.2, 0.25) is 0 Å². The molecule has 1 saturated heterocycles. The van der Waals surface area contributed by atoms with Gasteiger partial charge >= 0.3 is 0 Å². The van der Waals surface area contributed by atoms with Crippen LogP contribution in [0.4, 0.5) is 8.78 Å². The first-order chi connectivity index (χ1) is 9.63. The summed E-state index contributed by atoms with van der Waals surface area (Å²) in [5.41, 5.74) is 0.107. The van der Waals surface area contributed by atoms with E-state index in [1.807, 2.05) is 6.92 Å². The van der Waals surface area contributed by atoms with Crippen molar-refractivity contribution < 1.29 is 13.5 Å². The highest BCUT2D eigenvalue weighted by molar-refractivity contribution is 9.10. The Bertz CT molecular complexity index is 450. The molecule has 0 radical (unpaired) electrons. The summed E-state index contributed by atoms with van der Waals surface area (Å²) in [7, 11) is 0. The Kier molecular flexibility index (Phi) is 5.93. The Morgan fingerprint density at radius 1 is 1.40 bits per heavy atom. The van der Waals surface area contributed by atoms with E-state index in [1.165, 1.54) is 12.1 Å². The summed E-state index contributed by atoms with van der Waals surface area (Å²) in [6.07, 6.45) is 3.82. The largest absolute Gasteiger partial charge is 0.378 e. The van der Waals surface area contributed by atoms with Crippen molar-refractivity contribution in [2.45, 2.75) is 44.8 Å². The Morgan fingerprint density at radius 2 is 2.20 bits per heavy atom. The van der Waals surface area contributed by atoms with Crippen molar-refractivity contribution in [1.29, 1.82) is 0 Å². The highest BCUT2D eigenvalue weighted by Gasteiger charge is 2.26. The van der Waals surface area contributed by atoms with Crippen LogP contribution in [0.15, 0.2) is 16.6 Å². The predicted molar refractivity (Wildman–Crippen MR) is 78.7 cm³/mol. The number of rotatable bonds is 5. The molecule has 0 spiro atoms. The van der Waals surface area contributed by atoms with Crippen molar-refractivity contribution in [2.24, 2.45) is 0 Å². The predicted octanol–water partition coefficient (Wildman–Crippen LogP) is 4.34. The summed E-state index contributed by atoms with van der Waals surface area (Å²) in [5, 5.41) is 3.17. The van der Waals surface area contributed by atoms with E-state index in [0.717, 1.165) is 25.9 Å². The standard InChI is InChI=1S/C15H20BrF2NO/c1-2-19-13(9-10-5-3-4-8-20-10)14-12(17)7-6-11(16)15(14)18/h6-7,10,13,19H,2-5,8-9H2,1H3. The van der Waals surface area contributed by atoms with Gasteiger partial charge in [-0.25, -0.2) is 8.78 Å². The van der Waals surface area contributed by atoms with Gasteiger partial charge in [-0.15, -0.1) is 0 Å². The number of hydrogen-bond acceptors (Lipinski definition) is 2. The van der Waals surface area contributed by atoms with Gasteiger partial charge in [0.15, 0.2) is 0 Å². The summed E-state index contributed by atoms with van der Waals surface area (Å²) in [5.74, 6) is -1.03. The van der Waals surface area contributed by atoms with E-state index in [2.05, 4.69) is 21.2 Å². The van der Waals surface area contributed by atoms with Crippen LogP contribution in [0.3, 0.4) is 0 Å². The molecule has 2 atom stereocenters. The second kappa shape index (κ2) is 7.48. The second-order valence-electron chi connectivity index (χ2n) is 5.09. The number of ether oxygens (including phenoxy) is 1. The summed E-state index contributed by atoms with van der Waals surface area (Å²) in [6, 6.07) is 2.34. The first kappa shape index (κ1) is 15.9. The summed E-state index contributed by atoms with van der Waals surface area (Å²) in [6.45, 7) is 3.33. The van der Waals surface area contributed by atoms with Gasteiger partial charge in [-0.05, 0) is 60.3 Å². The van der Waals surface area contributed by atoms with Gasteiger partial charge in [-0.1, -0.05) is 6.92 Å². The average Bonchev–Trinajstić information content (AvgIpc) is 2.45. The molecule has 2 unspecified atom stereocenters.